The lowest BCUT2D eigenvalue weighted by Gasteiger charge is -2.13. The van der Waals surface area contributed by atoms with Crippen LogP contribution in [0.25, 0.3) is 0 Å². The van der Waals surface area contributed by atoms with Crippen molar-refractivity contribution in [2.24, 2.45) is 0 Å². The number of anilines is 1. The van der Waals surface area contributed by atoms with Gasteiger partial charge in [-0.1, -0.05) is 18.7 Å². The number of nitrogens with one attached hydrogen (secondary N) is 1. The number of amides is 1. The molecule has 0 fully saturated rings. The lowest BCUT2D eigenvalue weighted by Crippen LogP contribution is -2.27. The molecule has 0 saturated carbocycles. The van der Waals surface area contributed by atoms with E-state index in [1.807, 2.05) is 26.0 Å². The molecule has 3 heterocycles. The summed E-state index contributed by atoms with van der Waals surface area (Å²) in [6, 6.07) is 5.08. The molecule has 2 aromatic rings. The normalized spacial score (nSPS) is 16.2. The maximum Gasteiger partial charge on any atom is 0.254 e. The summed E-state index contributed by atoms with van der Waals surface area (Å²) in [5.74, 6) is 1.07. The van der Waals surface area contributed by atoms with Crippen LogP contribution in [0.1, 0.15) is 30.6 Å². The first-order valence-electron chi connectivity index (χ1n) is 7.54. The average Bonchev–Trinajstić information content (AvgIpc) is 2.90. The van der Waals surface area contributed by atoms with Crippen LogP contribution in [0, 0.1) is 6.92 Å². The number of fused-ring (bicyclic) bond motifs is 1. The Morgan fingerprint density at radius 3 is 3.04 bits per heavy atom. The van der Waals surface area contributed by atoms with E-state index < -0.39 is 0 Å². The summed E-state index contributed by atoms with van der Waals surface area (Å²) in [7, 11) is 0. The van der Waals surface area contributed by atoms with Gasteiger partial charge < -0.3 is 5.32 Å². The summed E-state index contributed by atoms with van der Waals surface area (Å²) >= 11 is 1.53. The molecular weight excluding hydrogens is 312 g/mol. The first-order valence-corrected chi connectivity index (χ1v) is 8.53. The molecule has 120 valence electrons. The van der Waals surface area contributed by atoms with E-state index in [1.165, 1.54) is 11.8 Å². The number of hydrogen-bond donors (Lipinski definition) is 1. The fourth-order valence-corrected chi connectivity index (χ4v) is 3.71. The Morgan fingerprint density at radius 2 is 2.30 bits per heavy atom. The summed E-state index contributed by atoms with van der Waals surface area (Å²) in [6.07, 6.45) is 2.63. The highest BCUT2D eigenvalue weighted by Crippen LogP contribution is 2.32. The molecule has 1 aliphatic rings. The summed E-state index contributed by atoms with van der Waals surface area (Å²) in [5.41, 5.74) is 1.75. The van der Waals surface area contributed by atoms with Crippen molar-refractivity contribution in [1.82, 2.24) is 14.5 Å². The van der Waals surface area contributed by atoms with Crippen molar-refractivity contribution in [3.63, 3.8) is 0 Å². The molecule has 1 unspecified atom stereocenters. The fourth-order valence-electron chi connectivity index (χ4n) is 2.54. The Morgan fingerprint density at radius 1 is 1.48 bits per heavy atom. The van der Waals surface area contributed by atoms with Crippen molar-refractivity contribution in [3.05, 3.63) is 46.0 Å². The fraction of sp³-hybridized carbons (Fsp3) is 0.375. The minimum absolute atomic E-state index is 0.0802. The van der Waals surface area contributed by atoms with Crippen LogP contribution in [0.5, 0.6) is 0 Å². The van der Waals surface area contributed by atoms with Crippen LogP contribution in [0.15, 0.2) is 34.3 Å². The number of aromatic nitrogens is 3. The van der Waals surface area contributed by atoms with Gasteiger partial charge in [0.2, 0.25) is 5.91 Å². The third-order valence-corrected chi connectivity index (χ3v) is 4.81. The highest BCUT2D eigenvalue weighted by atomic mass is 32.2. The number of carbonyl (C=O) groups excluding carboxylic acids is 1. The van der Waals surface area contributed by atoms with Crippen LogP contribution in [0.2, 0.25) is 0 Å². The quantitative estimate of drug-likeness (QED) is 0.870. The van der Waals surface area contributed by atoms with E-state index >= 15 is 0 Å². The number of aryl methyl sites for hydroxylation is 2. The molecule has 1 aliphatic heterocycles. The van der Waals surface area contributed by atoms with E-state index in [0.717, 1.165) is 17.7 Å². The molecular formula is C16H18N4O2S. The third kappa shape index (κ3) is 3.44. The molecule has 1 amide bonds. The molecule has 6 nitrogen and oxygen atoms in total. The van der Waals surface area contributed by atoms with Crippen LogP contribution in [-0.2, 0) is 11.2 Å². The molecule has 0 radical (unpaired) electrons. The van der Waals surface area contributed by atoms with Gasteiger partial charge in [-0.05, 0) is 31.0 Å². The summed E-state index contributed by atoms with van der Waals surface area (Å²) < 4.78 is 1.63. The van der Waals surface area contributed by atoms with Crippen LogP contribution in [0.3, 0.4) is 0 Å². The van der Waals surface area contributed by atoms with E-state index in [0.29, 0.717) is 16.7 Å². The zero-order valence-electron chi connectivity index (χ0n) is 13.1. The van der Waals surface area contributed by atoms with Crippen molar-refractivity contribution in [2.45, 2.75) is 37.9 Å². The van der Waals surface area contributed by atoms with Crippen LogP contribution >= 0.6 is 11.8 Å². The van der Waals surface area contributed by atoms with Crippen LogP contribution < -0.4 is 10.9 Å². The lowest BCUT2D eigenvalue weighted by molar-refractivity contribution is -0.116. The number of carbonyl (C=O) groups is 1. The standard InChI is InChI=1S/C16H18N4O2S/c1-3-11-7-15(22)20-12(9-23-16(20)18-11)8-14(21)19-13-6-10(2)4-5-17-13/h4-7,12H,3,8-9H2,1-2H3,(H,17,19,21). The van der Waals surface area contributed by atoms with E-state index in [4.69, 9.17) is 0 Å². The van der Waals surface area contributed by atoms with Gasteiger partial charge in [-0.3, -0.25) is 14.2 Å². The predicted molar refractivity (Wildman–Crippen MR) is 89.9 cm³/mol. The van der Waals surface area contributed by atoms with Gasteiger partial charge in [0, 0.05) is 30.1 Å². The first kappa shape index (κ1) is 15.7. The van der Waals surface area contributed by atoms with Crippen molar-refractivity contribution >= 4 is 23.5 Å². The zero-order valence-corrected chi connectivity index (χ0v) is 13.9. The van der Waals surface area contributed by atoms with Gasteiger partial charge >= 0.3 is 0 Å². The van der Waals surface area contributed by atoms with E-state index in [-0.39, 0.29) is 23.9 Å². The molecule has 0 aliphatic carbocycles. The highest BCUT2D eigenvalue weighted by Gasteiger charge is 2.27. The largest absolute Gasteiger partial charge is 0.311 e. The van der Waals surface area contributed by atoms with Gasteiger partial charge in [-0.25, -0.2) is 9.97 Å². The average molecular weight is 330 g/mol. The zero-order chi connectivity index (χ0) is 16.4. The maximum atomic E-state index is 12.3. The first-order chi connectivity index (χ1) is 11.1. The maximum absolute atomic E-state index is 12.3. The number of thioether (sulfide) groups is 1. The summed E-state index contributed by atoms with van der Waals surface area (Å²) in [4.78, 5) is 33.1. The topological polar surface area (TPSA) is 76.9 Å². The minimum Gasteiger partial charge on any atom is -0.311 e. The van der Waals surface area contributed by atoms with E-state index in [1.54, 1.807) is 16.8 Å². The molecule has 2 aromatic heterocycles. The van der Waals surface area contributed by atoms with Gasteiger partial charge in [-0.15, -0.1) is 0 Å². The molecule has 0 spiro atoms. The Bertz CT molecular complexity index is 803. The second-order valence-electron chi connectivity index (χ2n) is 5.53. The highest BCUT2D eigenvalue weighted by molar-refractivity contribution is 7.99. The molecule has 0 bridgehead atoms. The Hall–Kier alpha value is -2.15. The Balaban J connectivity index is 1.73. The number of rotatable bonds is 4. The minimum atomic E-state index is -0.161. The van der Waals surface area contributed by atoms with Gasteiger partial charge in [0.05, 0.1) is 6.04 Å². The molecule has 1 atom stereocenters. The smallest absolute Gasteiger partial charge is 0.254 e. The Kier molecular flexibility index (Phi) is 4.47. The third-order valence-electron chi connectivity index (χ3n) is 3.71. The summed E-state index contributed by atoms with van der Waals surface area (Å²) in [6.45, 7) is 3.91. The second kappa shape index (κ2) is 6.54. The molecule has 23 heavy (non-hydrogen) atoms. The van der Waals surface area contributed by atoms with Gasteiger partial charge in [0.25, 0.3) is 5.56 Å². The number of nitrogens with zero attached hydrogens (tertiary/aromatic N) is 3. The van der Waals surface area contributed by atoms with Gasteiger partial charge in [0.1, 0.15) is 5.82 Å². The van der Waals surface area contributed by atoms with Crippen LogP contribution in [0.4, 0.5) is 5.82 Å². The van der Waals surface area contributed by atoms with E-state index in [2.05, 4.69) is 15.3 Å². The molecule has 3 rings (SSSR count). The monoisotopic (exact) mass is 330 g/mol. The molecule has 1 N–H and O–H groups in total. The Labute approximate surface area is 138 Å². The SMILES string of the molecule is CCc1cc(=O)n2c(n1)SCC2CC(=O)Nc1cc(C)ccn1. The van der Waals surface area contributed by atoms with Crippen molar-refractivity contribution in [2.75, 3.05) is 11.1 Å². The molecule has 0 saturated heterocycles. The summed E-state index contributed by atoms with van der Waals surface area (Å²) in [5, 5.41) is 3.50. The van der Waals surface area contributed by atoms with Gasteiger partial charge in [0.15, 0.2) is 5.16 Å². The number of hydrogen-bond acceptors (Lipinski definition) is 5. The second-order valence-corrected chi connectivity index (χ2v) is 6.51. The van der Waals surface area contributed by atoms with Crippen molar-refractivity contribution in [1.29, 1.82) is 0 Å². The number of pyridine rings is 1. The van der Waals surface area contributed by atoms with Gasteiger partial charge in [-0.2, -0.15) is 0 Å². The molecule has 0 aromatic carbocycles. The predicted octanol–water partition coefficient (Wildman–Crippen LogP) is 2.18. The van der Waals surface area contributed by atoms with Crippen molar-refractivity contribution in [3.8, 4) is 0 Å². The van der Waals surface area contributed by atoms with Crippen molar-refractivity contribution < 1.29 is 4.79 Å². The van der Waals surface area contributed by atoms with Crippen LogP contribution in [-0.4, -0.2) is 26.2 Å². The van der Waals surface area contributed by atoms with E-state index in [9.17, 15) is 9.59 Å². The lowest BCUT2D eigenvalue weighted by atomic mass is 10.2. The molecule has 7 heteroatoms.